The summed E-state index contributed by atoms with van der Waals surface area (Å²) in [6, 6.07) is 27.5. The van der Waals surface area contributed by atoms with E-state index in [0.717, 1.165) is 67.4 Å². The van der Waals surface area contributed by atoms with Crippen molar-refractivity contribution in [1.29, 1.82) is 0 Å². The first-order valence-corrected chi connectivity index (χ1v) is 14.3. The largest absolute Gasteiger partial charge is 0.497 e. The molecule has 0 saturated carbocycles. The summed E-state index contributed by atoms with van der Waals surface area (Å²) in [5.74, 6) is 1.78. The van der Waals surface area contributed by atoms with Gasteiger partial charge in [0.15, 0.2) is 0 Å². The number of hydrogen-bond donors (Lipinski definition) is 2. The molecule has 7 nitrogen and oxygen atoms in total. The fourth-order valence-electron chi connectivity index (χ4n) is 5.62. The number of aromatic nitrogens is 4. The third-order valence-electron chi connectivity index (χ3n) is 7.74. The molecule has 1 aliphatic rings. The first-order chi connectivity index (χ1) is 20.2. The van der Waals surface area contributed by atoms with Crippen molar-refractivity contribution in [3.05, 3.63) is 131 Å². The summed E-state index contributed by atoms with van der Waals surface area (Å²) in [4.78, 5) is 20.1. The molecule has 5 aromatic rings. The minimum atomic E-state index is 0.241. The van der Waals surface area contributed by atoms with Gasteiger partial charge >= 0.3 is 0 Å². The van der Waals surface area contributed by atoms with Crippen LogP contribution in [0.15, 0.2) is 97.5 Å². The molecular formula is C34H36N6O. The van der Waals surface area contributed by atoms with Crippen LogP contribution < -0.4 is 10.1 Å². The van der Waals surface area contributed by atoms with E-state index in [1.807, 2.05) is 55.0 Å². The molecule has 2 N–H and O–H groups in total. The van der Waals surface area contributed by atoms with Gasteiger partial charge in [-0.05, 0) is 66.3 Å². The molecule has 0 aliphatic heterocycles. The maximum Gasteiger partial charge on any atom is 0.120 e. The lowest BCUT2D eigenvalue weighted by Gasteiger charge is -2.34. The van der Waals surface area contributed by atoms with Crippen LogP contribution >= 0.6 is 0 Å². The van der Waals surface area contributed by atoms with E-state index in [1.165, 1.54) is 22.4 Å². The zero-order valence-electron chi connectivity index (χ0n) is 23.5. The molecule has 0 fully saturated rings. The van der Waals surface area contributed by atoms with Crippen LogP contribution in [0.3, 0.4) is 0 Å². The second kappa shape index (κ2) is 12.9. The number of H-pyrrole nitrogens is 1. The van der Waals surface area contributed by atoms with Gasteiger partial charge in [-0.15, -0.1) is 0 Å². The zero-order chi connectivity index (χ0) is 27.9. The van der Waals surface area contributed by atoms with E-state index >= 15 is 0 Å². The SMILES string of the molecule is COc1cccc(-c2cnc(CN(Cc3ccc(CNCc4ccccn4)cc3)C3CCCc4cccnc43)[nH]2)c1. The topological polar surface area (TPSA) is 79.0 Å². The number of benzene rings is 2. The van der Waals surface area contributed by atoms with Gasteiger partial charge in [0.05, 0.1) is 43.0 Å². The molecule has 0 radical (unpaired) electrons. The Labute approximate surface area is 241 Å². The molecule has 1 unspecified atom stereocenters. The second-order valence-corrected chi connectivity index (χ2v) is 10.6. The molecule has 1 aliphatic carbocycles. The highest BCUT2D eigenvalue weighted by Crippen LogP contribution is 2.35. The van der Waals surface area contributed by atoms with Crippen LogP contribution in [0.4, 0.5) is 0 Å². The predicted molar refractivity (Wildman–Crippen MR) is 161 cm³/mol. The average molecular weight is 545 g/mol. The number of methoxy groups -OCH3 is 1. The van der Waals surface area contributed by atoms with E-state index in [9.17, 15) is 0 Å². The number of aryl methyl sites for hydroxylation is 1. The molecule has 0 amide bonds. The number of nitrogens with zero attached hydrogens (tertiary/aromatic N) is 4. The van der Waals surface area contributed by atoms with Crippen molar-refractivity contribution in [3.63, 3.8) is 0 Å². The maximum absolute atomic E-state index is 5.42. The minimum absolute atomic E-state index is 0.241. The average Bonchev–Trinajstić information content (AvgIpc) is 3.50. The summed E-state index contributed by atoms with van der Waals surface area (Å²) in [5, 5.41) is 3.50. The van der Waals surface area contributed by atoms with Crippen LogP contribution in [0, 0.1) is 0 Å². The molecule has 1 atom stereocenters. The smallest absolute Gasteiger partial charge is 0.120 e. The summed E-state index contributed by atoms with van der Waals surface area (Å²) in [6.07, 6.45) is 9.02. The maximum atomic E-state index is 5.42. The molecule has 0 saturated heterocycles. The molecule has 2 aromatic carbocycles. The van der Waals surface area contributed by atoms with E-state index in [1.54, 1.807) is 7.11 Å². The molecule has 7 heteroatoms. The third-order valence-corrected chi connectivity index (χ3v) is 7.74. The Morgan fingerprint density at radius 3 is 2.61 bits per heavy atom. The van der Waals surface area contributed by atoms with Crippen LogP contribution in [-0.2, 0) is 32.6 Å². The highest BCUT2D eigenvalue weighted by molar-refractivity contribution is 5.60. The predicted octanol–water partition coefficient (Wildman–Crippen LogP) is 6.24. The monoisotopic (exact) mass is 544 g/mol. The number of ether oxygens (including phenoxy) is 1. The Bertz CT molecular complexity index is 1550. The van der Waals surface area contributed by atoms with Crippen molar-refractivity contribution in [2.24, 2.45) is 0 Å². The van der Waals surface area contributed by atoms with Crippen molar-refractivity contribution in [3.8, 4) is 17.0 Å². The molecular weight excluding hydrogens is 508 g/mol. The lowest BCUT2D eigenvalue weighted by atomic mass is 9.90. The fourth-order valence-corrected chi connectivity index (χ4v) is 5.62. The number of rotatable bonds is 11. The standard InChI is InChI=1S/C34H36N6O/c1-41-30-11-4-8-28(19-30)31-22-38-33(39-31)24-40(32-12-5-7-27-9-6-18-37-34(27)32)23-26-15-13-25(14-16-26)20-35-21-29-10-2-3-17-36-29/h2-4,6,8-11,13-19,22,32,35H,5,7,12,20-21,23-24H2,1H3,(H,38,39). The van der Waals surface area contributed by atoms with E-state index in [2.05, 4.69) is 62.6 Å². The second-order valence-electron chi connectivity index (χ2n) is 10.6. The van der Waals surface area contributed by atoms with Crippen LogP contribution in [0.2, 0.25) is 0 Å². The van der Waals surface area contributed by atoms with Gasteiger partial charge in [-0.3, -0.25) is 14.9 Å². The summed E-state index contributed by atoms with van der Waals surface area (Å²) >= 11 is 0. The Morgan fingerprint density at radius 1 is 0.878 bits per heavy atom. The first-order valence-electron chi connectivity index (χ1n) is 14.3. The molecule has 3 heterocycles. The molecule has 6 rings (SSSR count). The first kappa shape index (κ1) is 26.9. The highest BCUT2D eigenvalue weighted by Gasteiger charge is 2.28. The number of imidazole rings is 1. The van der Waals surface area contributed by atoms with E-state index < -0.39 is 0 Å². The number of nitrogens with one attached hydrogen (secondary N) is 2. The minimum Gasteiger partial charge on any atom is -0.497 e. The van der Waals surface area contributed by atoms with Gasteiger partial charge in [-0.2, -0.15) is 0 Å². The highest BCUT2D eigenvalue weighted by atomic mass is 16.5. The summed E-state index contributed by atoms with van der Waals surface area (Å²) in [7, 11) is 1.69. The van der Waals surface area contributed by atoms with Crippen molar-refractivity contribution in [2.75, 3.05) is 7.11 Å². The molecule has 0 bridgehead atoms. The third kappa shape index (κ3) is 6.70. The van der Waals surface area contributed by atoms with Gasteiger partial charge in [0, 0.05) is 37.6 Å². The number of hydrogen-bond acceptors (Lipinski definition) is 6. The Balaban J connectivity index is 1.19. The van der Waals surface area contributed by atoms with Crippen LogP contribution in [0.25, 0.3) is 11.3 Å². The van der Waals surface area contributed by atoms with Gasteiger partial charge in [0.1, 0.15) is 11.6 Å². The van der Waals surface area contributed by atoms with Crippen molar-refractivity contribution < 1.29 is 4.74 Å². The molecule has 208 valence electrons. The number of pyridine rings is 2. The molecule has 41 heavy (non-hydrogen) atoms. The normalized spacial score (nSPS) is 14.6. The van der Waals surface area contributed by atoms with Gasteiger partial charge in [-0.25, -0.2) is 4.98 Å². The zero-order valence-corrected chi connectivity index (χ0v) is 23.5. The van der Waals surface area contributed by atoms with Gasteiger partial charge in [-0.1, -0.05) is 48.5 Å². The Hall–Kier alpha value is -4.33. The lowest BCUT2D eigenvalue weighted by Crippen LogP contribution is -2.31. The van der Waals surface area contributed by atoms with E-state index in [-0.39, 0.29) is 6.04 Å². The van der Waals surface area contributed by atoms with Crippen molar-refractivity contribution >= 4 is 0 Å². The lowest BCUT2D eigenvalue weighted by molar-refractivity contribution is 0.153. The molecule has 0 spiro atoms. The van der Waals surface area contributed by atoms with Gasteiger partial charge in [0.25, 0.3) is 0 Å². The van der Waals surface area contributed by atoms with Crippen molar-refractivity contribution in [2.45, 2.75) is 51.5 Å². The quantitative estimate of drug-likeness (QED) is 0.205. The summed E-state index contributed by atoms with van der Waals surface area (Å²) in [6.45, 7) is 3.08. The molecule has 3 aromatic heterocycles. The number of fused-ring (bicyclic) bond motifs is 1. The Kier molecular flexibility index (Phi) is 8.45. The Morgan fingerprint density at radius 2 is 1.76 bits per heavy atom. The van der Waals surface area contributed by atoms with E-state index in [4.69, 9.17) is 14.7 Å². The number of aromatic amines is 1. The van der Waals surface area contributed by atoms with Crippen LogP contribution in [0.5, 0.6) is 5.75 Å². The van der Waals surface area contributed by atoms with Gasteiger partial charge in [0.2, 0.25) is 0 Å². The van der Waals surface area contributed by atoms with Crippen LogP contribution in [-0.4, -0.2) is 31.9 Å². The van der Waals surface area contributed by atoms with Crippen molar-refractivity contribution in [1.82, 2.24) is 30.2 Å². The fraction of sp³-hybridized carbons (Fsp3) is 0.265. The van der Waals surface area contributed by atoms with Gasteiger partial charge < -0.3 is 15.0 Å². The summed E-state index contributed by atoms with van der Waals surface area (Å²) < 4.78 is 5.42. The summed E-state index contributed by atoms with van der Waals surface area (Å²) in [5.41, 5.74) is 8.20. The van der Waals surface area contributed by atoms with Crippen LogP contribution in [0.1, 0.15) is 52.8 Å². The van der Waals surface area contributed by atoms with E-state index in [0.29, 0.717) is 6.54 Å².